The molecule has 1 spiro atoms. The number of carbonyl (C=O) groups is 4. The highest BCUT2D eigenvalue weighted by Gasteiger charge is 2.60. The fraction of sp³-hybridized carbons (Fsp3) is 0.532. The molecule has 1 unspecified atom stereocenters. The van der Waals surface area contributed by atoms with E-state index in [0.717, 1.165) is 29.7 Å². The number of benzene rings is 2. The van der Waals surface area contributed by atoms with Crippen LogP contribution in [-0.2, 0) is 22.5 Å². The van der Waals surface area contributed by atoms with Crippen LogP contribution >= 0.6 is 11.6 Å². The van der Waals surface area contributed by atoms with Crippen LogP contribution in [0.15, 0.2) is 48.7 Å². The second kappa shape index (κ2) is 17.7. The zero-order chi connectivity index (χ0) is 47.7. The number of amides is 5. The lowest BCUT2D eigenvalue weighted by Crippen LogP contribution is -2.65. The van der Waals surface area contributed by atoms with Crippen LogP contribution in [0.5, 0.6) is 0 Å². The van der Waals surface area contributed by atoms with Gasteiger partial charge in [0.25, 0.3) is 23.7 Å². The molecule has 362 valence electrons. The normalized spacial score (nSPS) is 24.8. The summed E-state index contributed by atoms with van der Waals surface area (Å²) in [5.41, 5.74) is 3.34. The summed E-state index contributed by atoms with van der Waals surface area (Å²) in [6.45, 7) is 0.119. The van der Waals surface area contributed by atoms with E-state index in [9.17, 15) is 19.2 Å². The van der Waals surface area contributed by atoms with Crippen molar-refractivity contribution in [3.8, 4) is 0 Å². The van der Waals surface area contributed by atoms with Gasteiger partial charge in [-0.1, -0.05) is 23.7 Å². The highest BCUT2D eigenvalue weighted by Crippen LogP contribution is 2.52. The van der Waals surface area contributed by atoms with Crippen LogP contribution in [0.25, 0.3) is 5.65 Å². The standard InChI is InChI=1S/C47H54ClF4N11O5/c1-53-33-23-39(57-63-36(24-54-41(33)63)42(65)55-32-8-9-37(32)68-2)61-17-10-30-29(4-3-5-34(30)61)25-58-16-11-38(46(49,50)26-58)60-21-15-45(47(51,52)27-60)13-19-59(20-14-45)43(66)28-6-7-31(48)35(22-28)62-18-12-40(64)56-44(62)67/h3-7,22-24,32,37-38,53H,8-21,25-27H2,1-2H3,(H,55,65)(H,56,64,67)/t32-,37-,38?/m1/s1. The summed E-state index contributed by atoms with van der Waals surface area (Å²) in [6.07, 6.45) is 3.98. The zero-order valence-corrected chi connectivity index (χ0v) is 38.6. The third kappa shape index (κ3) is 8.19. The fourth-order valence-corrected chi connectivity index (χ4v) is 11.4. The van der Waals surface area contributed by atoms with Gasteiger partial charge in [0.2, 0.25) is 5.91 Å². The SMILES string of the molecule is CNc1cc(N2CCc3c(CN4CCC(N5CCC6(CCN(C(=O)c7ccc(Cl)c(N8CCC(=O)NC8=O)c7)CC6)C(F)(F)C5)C(F)(F)C4)cccc32)nn2c(C(=O)N[C@@H]3CC[C@H]3OC)cnc12. The van der Waals surface area contributed by atoms with E-state index in [1.54, 1.807) is 23.6 Å². The number of nitrogens with zero attached hydrogens (tertiary/aromatic N) is 8. The molecule has 2 aromatic heterocycles. The van der Waals surface area contributed by atoms with Crippen LogP contribution in [-0.4, -0.2) is 150 Å². The lowest BCUT2D eigenvalue weighted by molar-refractivity contribution is -0.214. The third-order valence-electron chi connectivity index (χ3n) is 15.3. The number of rotatable bonds is 10. The molecule has 5 amide bonds. The van der Waals surface area contributed by atoms with Gasteiger partial charge in [0.1, 0.15) is 0 Å². The third-order valence-corrected chi connectivity index (χ3v) is 15.6. The number of alkyl halides is 4. The Bertz CT molecular complexity index is 2660. The monoisotopic (exact) mass is 963 g/mol. The Hall–Kier alpha value is -5.57. The number of imide groups is 1. The maximum absolute atomic E-state index is 16.4. The molecule has 21 heteroatoms. The second-order valence-electron chi connectivity index (χ2n) is 19.0. The molecule has 6 aliphatic rings. The quantitative estimate of drug-likeness (QED) is 0.162. The molecule has 3 N–H and O–H groups in total. The van der Waals surface area contributed by atoms with E-state index >= 15 is 17.6 Å². The molecule has 4 saturated heterocycles. The van der Waals surface area contributed by atoms with E-state index in [1.807, 2.05) is 24.3 Å². The Morgan fingerprint density at radius 1 is 0.912 bits per heavy atom. The Labute approximate surface area is 395 Å². The van der Waals surface area contributed by atoms with Gasteiger partial charge in [-0.05, 0) is 86.9 Å². The number of urea groups is 1. The number of halogens is 5. The highest BCUT2D eigenvalue weighted by molar-refractivity contribution is 6.34. The van der Waals surface area contributed by atoms with E-state index in [2.05, 4.69) is 25.8 Å². The zero-order valence-electron chi connectivity index (χ0n) is 37.9. The topological polar surface area (TPSA) is 160 Å². The van der Waals surface area contributed by atoms with Crippen molar-refractivity contribution in [1.82, 2.24) is 39.9 Å². The van der Waals surface area contributed by atoms with Crippen molar-refractivity contribution in [3.63, 3.8) is 0 Å². The largest absolute Gasteiger partial charge is 0.385 e. The molecule has 0 bridgehead atoms. The van der Waals surface area contributed by atoms with Gasteiger partial charge in [-0.2, -0.15) is 0 Å². The average Bonchev–Trinajstić information content (AvgIpc) is 3.95. The summed E-state index contributed by atoms with van der Waals surface area (Å²) < 4.78 is 72.3. The van der Waals surface area contributed by atoms with Crippen molar-refractivity contribution in [3.05, 3.63) is 76.1 Å². The lowest BCUT2D eigenvalue weighted by atomic mass is 9.68. The van der Waals surface area contributed by atoms with Crippen molar-refractivity contribution in [2.75, 3.05) is 81.6 Å². The smallest absolute Gasteiger partial charge is 0.328 e. The minimum atomic E-state index is -3.26. The Balaban J connectivity index is 0.769. The predicted molar refractivity (Wildman–Crippen MR) is 245 cm³/mol. The van der Waals surface area contributed by atoms with Gasteiger partial charge in [0.05, 0.1) is 53.9 Å². The molecule has 1 aliphatic carbocycles. The van der Waals surface area contributed by atoms with Gasteiger partial charge in [-0.25, -0.2) is 31.9 Å². The summed E-state index contributed by atoms with van der Waals surface area (Å²) in [5.74, 6) is -7.03. The van der Waals surface area contributed by atoms with E-state index in [1.165, 1.54) is 39.1 Å². The fourth-order valence-electron chi connectivity index (χ4n) is 11.2. The first-order chi connectivity index (χ1) is 32.6. The van der Waals surface area contributed by atoms with Gasteiger partial charge in [-0.15, -0.1) is 5.10 Å². The van der Waals surface area contributed by atoms with E-state index < -0.39 is 54.2 Å². The molecule has 0 radical (unpaired) electrons. The summed E-state index contributed by atoms with van der Waals surface area (Å²) >= 11 is 6.38. The second-order valence-corrected chi connectivity index (χ2v) is 19.4. The number of likely N-dealkylation sites (tertiary alicyclic amines) is 3. The van der Waals surface area contributed by atoms with Gasteiger partial charge >= 0.3 is 6.03 Å². The molecular weight excluding hydrogens is 910 g/mol. The summed E-state index contributed by atoms with van der Waals surface area (Å²) in [6, 6.07) is 10.1. The number of ether oxygens (including phenoxy) is 1. The maximum atomic E-state index is 16.4. The number of carbonyl (C=O) groups excluding carboxylic acids is 4. The number of hydrogen-bond donors (Lipinski definition) is 3. The molecule has 68 heavy (non-hydrogen) atoms. The van der Waals surface area contributed by atoms with Gasteiger partial charge in [-0.3, -0.25) is 34.4 Å². The van der Waals surface area contributed by atoms with Gasteiger partial charge in [0, 0.05) is 82.6 Å². The molecule has 1 saturated carbocycles. The number of nitrogens with one attached hydrogen (secondary N) is 3. The summed E-state index contributed by atoms with van der Waals surface area (Å²) in [4.78, 5) is 63.6. The Kier molecular flexibility index (Phi) is 12.1. The summed E-state index contributed by atoms with van der Waals surface area (Å²) in [7, 11) is 3.41. The van der Waals surface area contributed by atoms with Crippen molar-refractivity contribution in [1.29, 1.82) is 0 Å². The molecule has 7 heterocycles. The summed E-state index contributed by atoms with van der Waals surface area (Å²) in [5, 5.41) is 13.5. The Morgan fingerprint density at radius 2 is 1.69 bits per heavy atom. The molecular formula is C47H54ClF4N11O5. The van der Waals surface area contributed by atoms with E-state index in [0.29, 0.717) is 42.4 Å². The van der Waals surface area contributed by atoms with Crippen LogP contribution in [0.4, 0.5) is 45.2 Å². The predicted octanol–water partition coefficient (Wildman–Crippen LogP) is 5.95. The number of fused-ring (bicyclic) bond motifs is 2. The molecule has 10 rings (SSSR count). The first-order valence-corrected chi connectivity index (χ1v) is 23.7. The minimum Gasteiger partial charge on any atom is -0.385 e. The number of imidazole rings is 1. The van der Waals surface area contributed by atoms with Crippen LogP contribution in [0.1, 0.15) is 76.9 Å². The number of piperidine rings is 3. The first-order valence-electron chi connectivity index (χ1n) is 23.3. The van der Waals surface area contributed by atoms with E-state index in [-0.39, 0.29) is 99.2 Å². The van der Waals surface area contributed by atoms with Crippen LogP contribution in [0, 0.1) is 5.41 Å². The number of methoxy groups -OCH3 is 1. The Morgan fingerprint density at radius 3 is 2.40 bits per heavy atom. The minimum absolute atomic E-state index is 0.0173. The van der Waals surface area contributed by atoms with Crippen LogP contribution in [0.3, 0.4) is 0 Å². The molecule has 4 aromatic rings. The van der Waals surface area contributed by atoms with Gasteiger partial charge in [0.15, 0.2) is 17.2 Å². The number of anilines is 4. The molecule has 5 fully saturated rings. The molecule has 2 aromatic carbocycles. The van der Waals surface area contributed by atoms with Crippen molar-refractivity contribution in [2.24, 2.45) is 5.41 Å². The van der Waals surface area contributed by atoms with Crippen LogP contribution < -0.4 is 25.8 Å². The average molecular weight is 964 g/mol. The molecule has 16 nitrogen and oxygen atoms in total. The highest BCUT2D eigenvalue weighted by atomic mass is 35.5. The van der Waals surface area contributed by atoms with E-state index in [4.69, 9.17) is 21.4 Å². The number of hydrogen-bond acceptors (Lipinski definition) is 11. The first kappa shape index (κ1) is 46.2. The maximum Gasteiger partial charge on any atom is 0.328 e. The lowest BCUT2D eigenvalue weighted by Gasteiger charge is -2.54. The number of aromatic nitrogens is 3. The van der Waals surface area contributed by atoms with Crippen molar-refractivity contribution in [2.45, 2.75) is 87.9 Å². The van der Waals surface area contributed by atoms with Crippen molar-refractivity contribution < 1.29 is 41.5 Å². The molecule has 5 aliphatic heterocycles. The van der Waals surface area contributed by atoms with Crippen molar-refractivity contribution >= 4 is 63.9 Å². The molecule has 3 atom stereocenters. The van der Waals surface area contributed by atoms with Gasteiger partial charge < -0.3 is 25.2 Å². The van der Waals surface area contributed by atoms with Crippen LogP contribution in [0.2, 0.25) is 5.02 Å².